The van der Waals surface area contributed by atoms with E-state index < -0.39 is 0 Å². The smallest absolute Gasteiger partial charge is 0.124 e. The molecule has 0 amide bonds. The van der Waals surface area contributed by atoms with Crippen molar-refractivity contribution in [1.82, 2.24) is 4.57 Å². The monoisotopic (exact) mass is 266 g/mol. The van der Waals surface area contributed by atoms with Crippen molar-refractivity contribution in [2.45, 2.75) is 26.3 Å². The summed E-state index contributed by atoms with van der Waals surface area (Å²) < 4.78 is 2.33. The van der Waals surface area contributed by atoms with Crippen LogP contribution in [0, 0.1) is 0 Å². The number of fused-ring (bicyclic) bond motifs is 3. The maximum absolute atomic E-state index is 10.7. The molecule has 0 atom stereocenters. The van der Waals surface area contributed by atoms with Gasteiger partial charge in [0.25, 0.3) is 0 Å². The second kappa shape index (κ2) is 5.00. The van der Waals surface area contributed by atoms with E-state index in [-0.39, 0.29) is 0 Å². The van der Waals surface area contributed by atoms with E-state index in [1.807, 2.05) is 18.2 Å². The van der Waals surface area contributed by atoms with Gasteiger partial charge in [-0.15, -0.1) is 0 Å². The van der Waals surface area contributed by atoms with Crippen LogP contribution in [-0.4, -0.2) is 10.9 Å². The molecule has 0 fully saturated rings. The van der Waals surface area contributed by atoms with Gasteiger partial charge in [0.2, 0.25) is 0 Å². The molecule has 0 spiro atoms. The number of nitrogen functional groups attached to an aromatic ring is 1. The average molecular weight is 266 g/mol. The normalized spacial score (nSPS) is 11.2. The zero-order valence-electron chi connectivity index (χ0n) is 11.6. The highest BCUT2D eigenvalue weighted by Crippen LogP contribution is 2.31. The summed E-state index contributed by atoms with van der Waals surface area (Å²) in [4.78, 5) is 10.7. The Balaban J connectivity index is 2.37. The molecule has 1 heterocycles. The number of aldehydes is 1. The van der Waals surface area contributed by atoms with Crippen molar-refractivity contribution in [1.29, 1.82) is 0 Å². The Morgan fingerprint density at radius 1 is 1.10 bits per heavy atom. The molecule has 20 heavy (non-hydrogen) atoms. The number of rotatable bonds is 4. The first kappa shape index (κ1) is 12.7. The number of benzene rings is 2. The number of hydrogen-bond acceptors (Lipinski definition) is 2. The standard InChI is InChI=1S/C17H18N2O/c1-2-8-19-16-5-3-12(7-9-20)10-14(16)15-11-13(18)4-6-17(15)19/h3-6,9-11H,2,7-8,18H2,1H3. The zero-order valence-corrected chi connectivity index (χ0v) is 11.6. The zero-order chi connectivity index (χ0) is 14.1. The van der Waals surface area contributed by atoms with Crippen LogP contribution in [-0.2, 0) is 17.8 Å². The van der Waals surface area contributed by atoms with E-state index in [9.17, 15) is 4.79 Å². The lowest BCUT2D eigenvalue weighted by atomic mass is 10.1. The Bertz CT molecular complexity index is 786. The van der Waals surface area contributed by atoms with Crippen molar-refractivity contribution in [3.05, 3.63) is 42.0 Å². The Labute approximate surface area is 118 Å². The third-order valence-electron chi connectivity index (χ3n) is 3.72. The summed E-state index contributed by atoms with van der Waals surface area (Å²) in [5.74, 6) is 0. The molecule has 0 radical (unpaired) electrons. The largest absolute Gasteiger partial charge is 0.399 e. The lowest BCUT2D eigenvalue weighted by molar-refractivity contribution is -0.107. The predicted molar refractivity (Wildman–Crippen MR) is 83.9 cm³/mol. The van der Waals surface area contributed by atoms with Gasteiger partial charge >= 0.3 is 0 Å². The molecule has 102 valence electrons. The van der Waals surface area contributed by atoms with Crippen molar-refractivity contribution in [3.63, 3.8) is 0 Å². The molecule has 0 aliphatic carbocycles. The average Bonchev–Trinajstić information content (AvgIpc) is 2.73. The molecule has 3 rings (SSSR count). The second-order valence-electron chi connectivity index (χ2n) is 5.15. The molecule has 0 saturated heterocycles. The number of carbonyl (C=O) groups excluding carboxylic acids is 1. The van der Waals surface area contributed by atoms with Gasteiger partial charge in [-0.1, -0.05) is 13.0 Å². The van der Waals surface area contributed by atoms with Crippen LogP contribution in [0.3, 0.4) is 0 Å². The predicted octanol–water partition coefficient (Wildman–Crippen LogP) is 3.53. The fraction of sp³-hybridized carbons (Fsp3) is 0.235. The highest BCUT2D eigenvalue weighted by molar-refractivity contribution is 6.09. The molecule has 0 aliphatic rings. The summed E-state index contributed by atoms with van der Waals surface area (Å²) in [6, 6.07) is 12.3. The van der Waals surface area contributed by atoms with E-state index >= 15 is 0 Å². The molecule has 3 nitrogen and oxygen atoms in total. The molecular weight excluding hydrogens is 248 g/mol. The SMILES string of the molecule is CCCn1c2ccc(N)cc2c2cc(CC=O)ccc21. The van der Waals surface area contributed by atoms with Gasteiger partial charge in [0.1, 0.15) is 6.29 Å². The number of hydrogen-bond donors (Lipinski definition) is 1. The molecule has 0 unspecified atom stereocenters. The van der Waals surface area contributed by atoms with Gasteiger partial charge in [-0.25, -0.2) is 0 Å². The summed E-state index contributed by atoms with van der Waals surface area (Å²) in [7, 11) is 0. The molecule has 0 saturated carbocycles. The van der Waals surface area contributed by atoms with Crippen LogP contribution < -0.4 is 5.73 Å². The maximum atomic E-state index is 10.7. The van der Waals surface area contributed by atoms with E-state index in [0.717, 1.165) is 30.5 Å². The lowest BCUT2D eigenvalue weighted by Crippen LogP contribution is -1.96. The molecule has 1 aromatic heterocycles. The van der Waals surface area contributed by atoms with Crippen molar-refractivity contribution >= 4 is 33.8 Å². The van der Waals surface area contributed by atoms with Crippen molar-refractivity contribution < 1.29 is 4.79 Å². The van der Waals surface area contributed by atoms with E-state index in [4.69, 9.17) is 5.73 Å². The maximum Gasteiger partial charge on any atom is 0.124 e. The Hall–Kier alpha value is -2.29. The fourth-order valence-electron chi connectivity index (χ4n) is 2.86. The third-order valence-corrected chi connectivity index (χ3v) is 3.72. The van der Waals surface area contributed by atoms with Crippen molar-refractivity contribution in [3.8, 4) is 0 Å². The summed E-state index contributed by atoms with van der Waals surface area (Å²) in [5.41, 5.74) is 10.2. The molecule has 0 bridgehead atoms. The second-order valence-corrected chi connectivity index (χ2v) is 5.15. The van der Waals surface area contributed by atoms with E-state index in [1.54, 1.807) is 0 Å². The Morgan fingerprint density at radius 3 is 2.50 bits per heavy atom. The van der Waals surface area contributed by atoms with Crippen LogP contribution in [0.2, 0.25) is 0 Å². The van der Waals surface area contributed by atoms with Gasteiger partial charge in [0.15, 0.2) is 0 Å². The quantitative estimate of drug-likeness (QED) is 0.580. The number of anilines is 1. The molecule has 3 aromatic rings. The number of aryl methyl sites for hydroxylation is 1. The minimum atomic E-state index is 0.457. The summed E-state index contributed by atoms with van der Waals surface area (Å²) in [5, 5.41) is 2.35. The molecule has 2 N–H and O–H groups in total. The number of nitrogens with two attached hydrogens (primary N) is 1. The van der Waals surface area contributed by atoms with Gasteiger partial charge in [-0.3, -0.25) is 0 Å². The van der Waals surface area contributed by atoms with Gasteiger partial charge in [0.05, 0.1) is 0 Å². The van der Waals surface area contributed by atoms with Gasteiger partial charge in [-0.05, 0) is 42.3 Å². The van der Waals surface area contributed by atoms with Crippen LogP contribution in [0.4, 0.5) is 5.69 Å². The molecule has 2 aromatic carbocycles. The summed E-state index contributed by atoms with van der Waals surface area (Å²) in [6.45, 7) is 3.16. The highest BCUT2D eigenvalue weighted by Gasteiger charge is 2.10. The Kier molecular flexibility index (Phi) is 3.18. The topological polar surface area (TPSA) is 48.0 Å². The van der Waals surface area contributed by atoms with Gasteiger partial charge < -0.3 is 15.1 Å². The van der Waals surface area contributed by atoms with Crippen LogP contribution in [0.5, 0.6) is 0 Å². The van der Waals surface area contributed by atoms with Crippen LogP contribution in [0.1, 0.15) is 18.9 Å². The van der Waals surface area contributed by atoms with Gasteiger partial charge in [-0.2, -0.15) is 0 Å². The first-order chi connectivity index (χ1) is 9.74. The number of aromatic nitrogens is 1. The summed E-state index contributed by atoms with van der Waals surface area (Å²) >= 11 is 0. The molecule has 0 aliphatic heterocycles. The van der Waals surface area contributed by atoms with Crippen LogP contribution >= 0.6 is 0 Å². The lowest BCUT2D eigenvalue weighted by Gasteiger charge is -2.05. The fourth-order valence-corrected chi connectivity index (χ4v) is 2.86. The number of nitrogens with zero attached hydrogens (tertiary/aromatic N) is 1. The van der Waals surface area contributed by atoms with Crippen molar-refractivity contribution in [2.24, 2.45) is 0 Å². The molecule has 3 heteroatoms. The minimum absolute atomic E-state index is 0.457. The first-order valence-corrected chi connectivity index (χ1v) is 6.98. The number of carbonyl (C=O) groups is 1. The first-order valence-electron chi connectivity index (χ1n) is 6.98. The third kappa shape index (κ3) is 1.95. The van der Waals surface area contributed by atoms with Crippen LogP contribution in [0.15, 0.2) is 36.4 Å². The van der Waals surface area contributed by atoms with Crippen molar-refractivity contribution in [2.75, 3.05) is 5.73 Å². The molecular formula is C17H18N2O. The van der Waals surface area contributed by atoms with Crippen LogP contribution in [0.25, 0.3) is 21.8 Å². The van der Waals surface area contributed by atoms with E-state index in [0.29, 0.717) is 6.42 Å². The minimum Gasteiger partial charge on any atom is -0.399 e. The van der Waals surface area contributed by atoms with E-state index in [2.05, 4.69) is 29.7 Å². The van der Waals surface area contributed by atoms with Gasteiger partial charge in [0, 0.05) is 40.5 Å². The van der Waals surface area contributed by atoms with E-state index in [1.165, 1.54) is 21.8 Å². The Morgan fingerprint density at radius 2 is 1.80 bits per heavy atom. The highest BCUT2D eigenvalue weighted by atomic mass is 16.1. The summed E-state index contributed by atoms with van der Waals surface area (Å²) in [6.07, 6.45) is 2.48.